The van der Waals surface area contributed by atoms with E-state index in [1.807, 2.05) is 0 Å². The molecule has 0 bridgehead atoms. The Morgan fingerprint density at radius 2 is 1.93 bits per heavy atom. The number of amides is 1. The van der Waals surface area contributed by atoms with Gasteiger partial charge in [0.05, 0.1) is 10.2 Å². The molecule has 146 valence electrons. The minimum absolute atomic E-state index is 0.126. The molecular formula is C20H28BrN5O. The number of H-pyrrole nitrogens is 1. The zero-order valence-corrected chi connectivity index (χ0v) is 17.6. The molecule has 2 heterocycles. The highest BCUT2D eigenvalue weighted by Crippen LogP contribution is 2.25. The number of hydrogen-bond acceptors (Lipinski definition) is 4. The van der Waals surface area contributed by atoms with Gasteiger partial charge in [-0.2, -0.15) is 5.10 Å². The van der Waals surface area contributed by atoms with Gasteiger partial charge >= 0.3 is 0 Å². The number of halogens is 1. The molecule has 27 heavy (non-hydrogen) atoms. The lowest BCUT2D eigenvalue weighted by Crippen LogP contribution is -2.47. The molecule has 1 aliphatic heterocycles. The Morgan fingerprint density at radius 1 is 1.22 bits per heavy atom. The average Bonchev–Trinajstić information content (AvgIpc) is 3.08. The van der Waals surface area contributed by atoms with E-state index in [1.165, 1.54) is 5.69 Å². The van der Waals surface area contributed by atoms with Crippen molar-refractivity contribution in [2.75, 3.05) is 44.2 Å². The Hall–Kier alpha value is -1.86. The van der Waals surface area contributed by atoms with Gasteiger partial charge in [0.2, 0.25) is 0 Å². The lowest BCUT2D eigenvalue weighted by atomic mass is 10.1. The maximum Gasteiger partial charge on any atom is 0.272 e. The molecule has 0 atom stereocenters. The molecule has 1 aromatic heterocycles. The molecule has 2 aromatic rings. The van der Waals surface area contributed by atoms with Crippen molar-refractivity contribution < 1.29 is 4.79 Å². The van der Waals surface area contributed by atoms with E-state index in [2.05, 4.69) is 85.4 Å². The Bertz CT molecular complexity index is 738. The van der Waals surface area contributed by atoms with Crippen molar-refractivity contribution in [1.29, 1.82) is 0 Å². The van der Waals surface area contributed by atoms with E-state index in [-0.39, 0.29) is 5.91 Å². The van der Waals surface area contributed by atoms with Gasteiger partial charge in [-0.05, 0) is 46.9 Å². The average molecular weight is 434 g/mol. The van der Waals surface area contributed by atoms with E-state index in [0.29, 0.717) is 18.2 Å². The zero-order valence-electron chi connectivity index (χ0n) is 16.0. The number of piperazine rings is 1. The smallest absolute Gasteiger partial charge is 0.272 e. The molecule has 0 radical (unpaired) electrons. The first-order valence-electron chi connectivity index (χ1n) is 9.60. The first-order valence-corrected chi connectivity index (χ1v) is 10.4. The van der Waals surface area contributed by atoms with Crippen molar-refractivity contribution >= 4 is 27.5 Å². The fraction of sp³-hybridized carbons (Fsp3) is 0.500. The molecular weight excluding hydrogens is 406 g/mol. The number of hydrogen-bond donors (Lipinski definition) is 2. The third-order valence-electron chi connectivity index (χ3n) is 4.96. The predicted octanol–water partition coefficient (Wildman–Crippen LogP) is 3.24. The van der Waals surface area contributed by atoms with Crippen LogP contribution >= 0.6 is 15.9 Å². The van der Waals surface area contributed by atoms with Crippen LogP contribution in [0.3, 0.4) is 0 Å². The van der Waals surface area contributed by atoms with Crippen molar-refractivity contribution in [2.24, 2.45) is 0 Å². The van der Waals surface area contributed by atoms with Gasteiger partial charge in [0.15, 0.2) is 5.69 Å². The van der Waals surface area contributed by atoms with E-state index in [4.69, 9.17) is 0 Å². The molecule has 1 aliphatic rings. The third kappa shape index (κ3) is 5.11. The summed E-state index contributed by atoms with van der Waals surface area (Å²) in [6.45, 7) is 10.0. The summed E-state index contributed by atoms with van der Waals surface area (Å²) in [5, 5.41) is 10.1. The summed E-state index contributed by atoms with van der Waals surface area (Å²) in [5.74, 6) is 0.168. The number of nitrogens with zero attached hydrogens (tertiary/aromatic N) is 3. The summed E-state index contributed by atoms with van der Waals surface area (Å²) < 4.78 is 0.770. The zero-order chi connectivity index (χ0) is 19.2. The first-order chi connectivity index (χ1) is 13.1. The Kier molecular flexibility index (Phi) is 6.90. The molecule has 1 amide bonds. The van der Waals surface area contributed by atoms with Crippen LogP contribution in [0.25, 0.3) is 0 Å². The summed E-state index contributed by atoms with van der Waals surface area (Å²) >= 11 is 3.48. The van der Waals surface area contributed by atoms with Crippen LogP contribution in [-0.2, 0) is 0 Å². The van der Waals surface area contributed by atoms with E-state index in [9.17, 15) is 4.79 Å². The summed E-state index contributed by atoms with van der Waals surface area (Å²) in [7, 11) is 0. The number of para-hydroxylation sites is 1. The highest BCUT2D eigenvalue weighted by molar-refractivity contribution is 9.10. The highest BCUT2D eigenvalue weighted by atomic mass is 79.9. The number of carbonyl (C=O) groups is 1. The topological polar surface area (TPSA) is 64.3 Å². The number of carbonyl (C=O) groups excluding carboxylic acids is 1. The lowest BCUT2D eigenvalue weighted by Gasteiger charge is -2.36. The van der Waals surface area contributed by atoms with Gasteiger partial charge in [0, 0.05) is 38.4 Å². The minimum Gasteiger partial charge on any atom is -0.369 e. The molecule has 0 aliphatic carbocycles. The summed E-state index contributed by atoms with van der Waals surface area (Å²) in [5.41, 5.74) is 2.70. The number of rotatable bonds is 7. The number of aromatic amines is 1. The largest absolute Gasteiger partial charge is 0.369 e. The van der Waals surface area contributed by atoms with Gasteiger partial charge in [0.25, 0.3) is 5.91 Å². The van der Waals surface area contributed by atoms with Gasteiger partial charge in [-0.25, -0.2) is 0 Å². The van der Waals surface area contributed by atoms with Crippen LogP contribution in [0.15, 0.2) is 34.8 Å². The molecule has 1 fully saturated rings. The highest BCUT2D eigenvalue weighted by Gasteiger charge is 2.19. The summed E-state index contributed by atoms with van der Waals surface area (Å²) in [6.07, 6.45) is 0.941. The second kappa shape index (κ2) is 9.37. The van der Waals surface area contributed by atoms with Crippen LogP contribution < -0.4 is 10.2 Å². The normalized spacial score (nSPS) is 15.3. The van der Waals surface area contributed by atoms with Crippen molar-refractivity contribution in [2.45, 2.75) is 26.2 Å². The second-order valence-electron chi connectivity index (χ2n) is 7.23. The van der Waals surface area contributed by atoms with Crippen LogP contribution in [0.5, 0.6) is 0 Å². The Labute approximate surface area is 169 Å². The predicted molar refractivity (Wildman–Crippen MR) is 112 cm³/mol. The number of anilines is 1. The maximum atomic E-state index is 12.3. The van der Waals surface area contributed by atoms with Crippen LogP contribution in [-0.4, -0.2) is 60.3 Å². The molecule has 0 saturated carbocycles. The molecule has 2 N–H and O–H groups in total. The van der Waals surface area contributed by atoms with Gasteiger partial charge in [-0.3, -0.25) is 14.8 Å². The van der Waals surface area contributed by atoms with Gasteiger partial charge in [-0.15, -0.1) is 0 Å². The monoisotopic (exact) mass is 433 g/mol. The fourth-order valence-corrected chi connectivity index (χ4v) is 4.15. The van der Waals surface area contributed by atoms with E-state index >= 15 is 0 Å². The van der Waals surface area contributed by atoms with E-state index in [0.717, 1.165) is 49.3 Å². The minimum atomic E-state index is -0.126. The fourth-order valence-electron chi connectivity index (χ4n) is 3.33. The number of nitrogens with one attached hydrogen (secondary N) is 2. The van der Waals surface area contributed by atoms with Crippen LogP contribution in [0.2, 0.25) is 0 Å². The van der Waals surface area contributed by atoms with Crippen LogP contribution in [0.4, 0.5) is 5.69 Å². The van der Waals surface area contributed by atoms with Crippen molar-refractivity contribution in [3.05, 3.63) is 46.2 Å². The summed E-state index contributed by atoms with van der Waals surface area (Å²) in [4.78, 5) is 17.2. The maximum absolute atomic E-state index is 12.3. The molecule has 3 rings (SSSR count). The SMILES string of the molecule is CC(C)c1[nH]nc(C(=O)NCCCN2CCN(c3ccccc3)CC2)c1Br. The number of aromatic nitrogens is 2. The molecule has 1 aromatic carbocycles. The first kappa shape index (κ1) is 19.9. The number of benzene rings is 1. The van der Waals surface area contributed by atoms with Gasteiger partial charge in [-0.1, -0.05) is 32.0 Å². The lowest BCUT2D eigenvalue weighted by molar-refractivity contribution is 0.0945. The molecule has 0 unspecified atom stereocenters. The molecule has 6 nitrogen and oxygen atoms in total. The molecule has 1 saturated heterocycles. The van der Waals surface area contributed by atoms with Crippen molar-refractivity contribution in [3.8, 4) is 0 Å². The second-order valence-corrected chi connectivity index (χ2v) is 8.02. The van der Waals surface area contributed by atoms with E-state index in [1.54, 1.807) is 0 Å². The molecule has 7 heteroatoms. The molecule has 0 spiro atoms. The third-order valence-corrected chi connectivity index (χ3v) is 5.76. The quantitative estimate of drug-likeness (QED) is 0.657. The summed E-state index contributed by atoms with van der Waals surface area (Å²) in [6, 6.07) is 10.6. The van der Waals surface area contributed by atoms with Crippen LogP contribution in [0, 0.1) is 0 Å². The Morgan fingerprint density at radius 3 is 2.56 bits per heavy atom. The van der Waals surface area contributed by atoms with E-state index < -0.39 is 0 Å². The van der Waals surface area contributed by atoms with Gasteiger partial charge < -0.3 is 10.2 Å². The van der Waals surface area contributed by atoms with Crippen molar-refractivity contribution in [1.82, 2.24) is 20.4 Å². The van der Waals surface area contributed by atoms with Gasteiger partial charge in [0.1, 0.15) is 0 Å². The Balaban J connectivity index is 1.37. The standard InChI is InChI=1S/C20H28BrN5O/c1-15(2)18-17(21)19(24-23-18)20(27)22-9-6-10-25-11-13-26(14-12-25)16-7-4-3-5-8-16/h3-5,7-8,15H,6,9-14H2,1-2H3,(H,22,27)(H,23,24). The van der Waals surface area contributed by atoms with Crippen molar-refractivity contribution in [3.63, 3.8) is 0 Å². The van der Waals surface area contributed by atoms with Crippen LogP contribution in [0.1, 0.15) is 42.4 Å².